The molecule has 17 heavy (non-hydrogen) atoms. The van der Waals surface area contributed by atoms with Crippen molar-refractivity contribution < 1.29 is 8.42 Å². The van der Waals surface area contributed by atoms with Gasteiger partial charge < -0.3 is 10.7 Å². The number of nitrogens with zero attached hydrogens (tertiary/aromatic N) is 1. The van der Waals surface area contributed by atoms with Gasteiger partial charge in [-0.25, -0.2) is 13.4 Å². The quantitative estimate of drug-likeness (QED) is 0.439. The molecule has 0 saturated heterocycles. The van der Waals surface area contributed by atoms with Gasteiger partial charge in [-0.05, 0) is 6.42 Å². The molecule has 0 atom stereocenters. The van der Waals surface area contributed by atoms with Crippen LogP contribution >= 0.6 is 11.8 Å². The van der Waals surface area contributed by atoms with Crippen LogP contribution in [-0.4, -0.2) is 35.6 Å². The number of sulfone groups is 1. The van der Waals surface area contributed by atoms with Crippen molar-refractivity contribution in [1.82, 2.24) is 9.97 Å². The third-order valence-electron chi connectivity index (χ3n) is 2.02. The number of hydrogen-bond donors (Lipinski definition) is 2. The van der Waals surface area contributed by atoms with Crippen molar-refractivity contribution in [3.63, 3.8) is 0 Å². The van der Waals surface area contributed by atoms with E-state index in [4.69, 9.17) is 5.73 Å². The molecule has 1 rings (SSSR count). The summed E-state index contributed by atoms with van der Waals surface area (Å²) in [6, 6.07) is 1.20. The maximum atomic E-state index is 11.2. The molecule has 0 fully saturated rings. The molecule has 1 heterocycles. The number of nitrogens with one attached hydrogen (secondary N) is 1. The van der Waals surface area contributed by atoms with E-state index in [-0.39, 0.29) is 22.9 Å². The van der Waals surface area contributed by atoms with Crippen molar-refractivity contribution in [3.05, 3.63) is 16.4 Å². The standard InChI is InChI=1S/C9H15N3O3S2/c1-2-17(14,15)5-3-4-16-9-11-7(10)6-8(13)12-9/h6H,2-5H2,1H3,(H3,10,11,12,13). The van der Waals surface area contributed by atoms with E-state index in [1.54, 1.807) is 6.92 Å². The average molecular weight is 277 g/mol. The Hall–Kier alpha value is -1.02. The van der Waals surface area contributed by atoms with Gasteiger partial charge in [0.05, 0.1) is 5.75 Å². The number of thioether (sulfide) groups is 1. The molecule has 6 nitrogen and oxygen atoms in total. The number of anilines is 1. The SMILES string of the molecule is CCS(=O)(=O)CCCSc1nc(N)cc(=O)[nH]1. The molecular formula is C9H15N3O3S2. The fourth-order valence-electron chi connectivity index (χ4n) is 1.11. The molecule has 0 spiro atoms. The Balaban J connectivity index is 2.44. The zero-order valence-electron chi connectivity index (χ0n) is 9.47. The predicted octanol–water partition coefficient (Wildman–Crippen LogP) is 0.269. The van der Waals surface area contributed by atoms with Crippen molar-refractivity contribution >= 4 is 27.4 Å². The number of nitrogens with two attached hydrogens (primary N) is 1. The normalized spacial score (nSPS) is 11.6. The van der Waals surface area contributed by atoms with Crippen molar-refractivity contribution in [2.75, 3.05) is 23.0 Å². The molecule has 0 amide bonds. The van der Waals surface area contributed by atoms with Crippen LogP contribution in [0.3, 0.4) is 0 Å². The lowest BCUT2D eigenvalue weighted by Gasteiger charge is -2.02. The maximum Gasteiger partial charge on any atom is 0.253 e. The van der Waals surface area contributed by atoms with Gasteiger partial charge in [-0.2, -0.15) is 0 Å². The van der Waals surface area contributed by atoms with Crippen molar-refractivity contribution in [2.45, 2.75) is 18.5 Å². The summed E-state index contributed by atoms with van der Waals surface area (Å²) in [5.41, 5.74) is 5.11. The smallest absolute Gasteiger partial charge is 0.253 e. The first-order chi connectivity index (χ1) is 7.93. The molecule has 1 aromatic heterocycles. The van der Waals surface area contributed by atoms with E-state index in [0.717, 1.165) is 0 Å². The van der Waals surface area contributed by atoms with E-state index < -0.39 is 9.84 Å². The number of hydrogen-bond acceptors (Lipinski definition) is 6. The number of nitrogen functional groups attached to an aromatic ring is 1. The van der Waals surface area contributed by atoms with Crippen LogP contribution in [0.4, 0.5) is 5.82 Å². The Morgan fingerprint density at radius 2 is 2.24 bits per heavy atom. The summed E-state index contributed by atoms with van der Waals surface area (Å²) in [6.45, 7) is 1.62. The largest absolute Gasteiger partial charge is 0.383 e. The van der Waals surface area contributed by atoms with Crippen molar-refractivity contribution in [1.29, 1.82) is 0 Å². The van der Waals surface area contributed by atoms with Gasteiger partial charge in [0.2, 0.25) is 0 Å². The fraction of sp³-hybridized carbons (Fsp3) is 0.556. The maximum absolute atomic E-state index is 11.2. The van der Waals surface area contributed by atoms with Gasteiger partial charge in [0, 0.05) is 17.6 Å². The Labute approximate surface area is 104 Å². The van der Waals surface area contributed by atoms with E-state index in [1.807, 2.05) is 0 Å². The highest BCUT2D eigenvalue weighted by atomic mass is 32.2. The van der Waals surface area contributed by atoms with E-state index in [0.29, 0.717) is 17.3 Å². The van der Waals surface area contributed by atoms with Gasteiger partial charge in [0.1, 0.15) is 15.7 Å². The molecule has 0 unspecified atom stereocenters. The summed E-state index contributed by atoms with van der Waals surface area (Å²) in [5, 5.41) is 0.420. The molecule has 8 heteroatoms. The second-order valence-electron chi connectivity index (χ2n) is 3.41. The van der Waals surface area contributed by atoms with Crippen LogP contribution in [-0.2, 0) is 9.84 Å². The van der Waals surface area contributed by atoms with Gasteiger partial charge in [-0.3, -0.25) is 4.79 Å². The van der Waals surface area contributed by atoms with Gasteiger partial charge in [-0.15, -0.1) is 0 Å². The summed E-state index contributed by atoms with van der Waals surface area (Å²) in [4.78, 5) is 17.5. The third-order valence-corrected chi connectivity index (χ3v) is 4.77. The molecule has 0 aromatic carbocycles. The second-order valence-corrected chi connectivity index (χ2v) is 6.97. The summed E-state index contributed by atoms with van der Waals surface area (Å²) in [7, 11) is -2.92. The number of aromatic nitrogens is 2. The van der Waals surface area contributed by atoms with E-state index in [9.17, 15) is 13.2 Å². The highest BCUT2D eigenvalue weighted by molar-refractivity contribution is 7.99. The lowest BCUT2D eigenvalue weighted by molar-refractivity contribution is 0.596. The third kappa shape index (κ3) is 5.22. The van der Waals surface area contributed by atoms with Crippen LogP contribution in [0.15, 0.2) is 16.0 Å². The highest BCUT2D eigenvalue weighted by Gasteiger charge is 2.07. The summed E-state index contributed by atoms with van der Waals surface area (Å²) in [5.74, 6) is 1.05. The van der Waals surface area contributed by atoms with Gasteiger partial charge in [0.25, 0.3) is 5.56 Å². The topological polar surface area (TPSA) is 106 Å². The average Bonchev–Trinajstić information content (AvgIpc) is 2.23. The van der Waals surface area contributed by atoms with Crippen LogP contribution in [0.1, 0.15) is 13.3 Å². The van der Waals surface area contributed by atoms with Crippen LogP contribution in [0.5, 0.6) is 0 Å². The van der Waals surface area contributed by atoms with Crippen LogP contribution in [0.25, 0.3) is 0 Å². The molecule has 0 radical (unpaired) electrons. The van der Waals surface area contributed by atoms with E-state index in [1.165, 1.54) is 17.8 Å². The zero-order valence-corrected chi connectivity index (χ0v) is 11.1. The Bertz CT molecular complexity index is 525. The molecule has 3 N–H and O–H groups in total. The van der Waals surface area contributed by atoms with E-state index in [2.05, 4.69) is 9.97 Å². The monoisotopic (exact) mass is 277 g/mol. The molecule has 0 bridgehead atoms. The number of H-pyrrole nitrogens is 1. The van der Waals surface area contributed by atoms with Crippen molar-refractivity contribution in [3.8, 4) is 0 Å². The van der Waals surface area contributed by atoms with Gasteiger partial charge >= 0.3 is 0 Å². The lowest BCUT2D eigenvalue weighted by atomic mass is 10.6. The van der Waals surface area contributed by atoms with Crippen LogP contribution in [0.2, 0.25) is 0 Å². The molecule has 0 aliphatic carbocycles. The first-order valence-corrected chi connectivity index (χ1v) is 7.93. The predicted molar refractivity (Wildman–Crippen MR) is 68.9 cm³/mol. The summed E-state index contributed by atoms with van der Waals surface area (Å²) in [6.07, 6.45) is 0.527. The summed E-state index contributed by atoms with van der Waals surface area (Å²) >= 11 is 1.29. The number of aromatic amines is 1. The molecule has 0 aliphatic rings. The summed E-state index contributed by atoms with van der Waals surface area (Å²) < 4.78 is 22.4. The Morgan fingerprint density at radius 1 is 1.53 bits per heavy atom. The highest BCUT2D eigenvalue weighted by Crippen LogP contribution is 2.13. The van der Waals surface area contributed by atoms with Gasteiger partial charge in [0.15, 0.2) is 5.16 Å². The minimum atomic E-state index is -2.92. The van der Waals surface area contributed by atoms with Crippen LogP contribution in [0, 0.1) is 0 Å². The van der Waals surface area contributed by atoms with Crippen molar-refractivity contribution in [2.24, 2.45) is 0 Å². The molecular weight excluding hydrogens is 262 g/mol. The first kappa shape index (κ1) is 14.0. The first-order valence-electron chi connectivity index (χ1n) is 5.13. The molecule has 1 aromatic rings. The molecule has 0 saturated carbocycles. The number of rotatable bonds is 6. The zero-order chi connectivity index (χ0) is 12.9. The minimum Gasteiger partial charge on any atom is -0.383 e. The fourth-order valence-corrected chi connectivity index (χ4v) is 2.99. The Kier molecular flexibility index (Phi) is 5.01. The van der Waals surface area contributed by atoms with E-state index >= 15 is 0 Å². The van der Waals surface area contributed by atoms with Gasteiger partial charge in [-0.1, -0.05) is 18.7 Å². The second kappa shape index (κ2) is 6.06. The molecule has 96 valence electrons. The Morgan fingerprint density at radius 3 is 2.82 bits per heavy atom. The molecule has 0 aliphatic heterocycles. The lowest BCUT2D eigenvalue weighted by Crippen LogP contribution is -2.11. The van der Waals surface area contributed by atoms with Crippen LogP contribution < -0.4 is 11.3 Å². The minimum absolute atomic E-state index is 0.156.